The van der Waals surface area contributed by atoms with Gasteiger partial charge in [-0.25, -0.2) is 13.2 Å². The molecule has 2 heterocycles. The third kappa shape index (κ3) is 12.3. The lowest BCUT2D eigenvalue weighted by atomic mass is 10.0. The van der Waals surface area contributed by atoms with Crippen LogP contribution in [0, 0.1) is 12.8 Å². The van der Waals surface area contributed by atoms with Crippen molar-refractivity contribution in [3.63, 3.8) is 0 Å². The molecule has 0 radical (unpaired) electrons. The fourth-order valence-electron chi connectivity index (χ4n) is 4.59. The lowest BCUT2D eigenvalue weighted by Gasteiger charge is -2.19. The molecule has 1 saturated heterocycles. The zero-order valence-electron chi connectivity index (χ0n) is 26.9. The summed E-state index contributed by atoms with van der Waals surface area (Å²) in [6.45, 7) is 4.26. The number of nitrogens with zero attached hydrogens (tertiary/aromatic N) is 1. The van der Waals surface area contributed by atoms with E-state index in [0.717, 1.165) is 68.9 Å². The van der Waals surface area contributed by atoms with Gasteiger partial charge in [0.1, 0.15) is 0 Å². The number of para-hydroxylation sites is 2. The van der Waals surface area contributed by atoms with Crippen LogP contribution in [0.25, 0.3) is 0 Å². The third-order valence-corrected chi connectivity index (χ3v) is 8.13. The maximum absolute atomic E-state index is 12.0. The molecule has 0 atom stereocenters. The standard InChI is InChI=1S/C15H21N3O.C9H11NO4S.C8H10O2.C2H2/c19-15(18-7-1-2-8-18)11-17-14-4-3-12-5-6-16-10-13(12)9-14;1-14-9(11)10-7-3-5-8(6-4-7)15(2,12)13;1-9-7-5-3-4-6-8(7)10-2;1-2/h3-4,9,16-17H,1-2,5-8,10-11H2;3-6H,1-2H3,(H,10,11);3-6H,1-2H3;1-2H. The molecule has 3 N–H and O–H groups in total. The fraction of sp³-hybridized carbons (Fsp3) is 0.353. The second kappa shape index (κ2) is 19.6. The predicted octanol–water partition coefficient (Wildman–Crippen LogP) is 4.59. The number of hydrogen-bond acceptors (Lipinski definition) is 9. The number of anilines is 2. The van der Waals surface area contributed by atoms with Gasteiger partial charge in [0.2, 0.25) is 5.91 Å². The van der Waals surface area contributed by atoms with Gasteiger partial charge in [-0.05, 0) is 85.5 Å². The zero-order chi connectivity index (χ0) is 34.0. The van der Waals surface area contributed by atoms with Crippen LogP contribution in [0.3, 0.4) is 0 Å². The summed E-state index contributed by atoms with van der Waals surface area (Å²) in [5.74, 6) is 1.75. The van der Waals surface area contributed by atoms with E-state index >= 15 is 0 Å². The lowest BCUT2D eigenvalue weighted by Crippen LogP contribution is -2.33. The molecule has 5 rings (SSSR count). The smallest absolute Gasteiger partial charge is 0.411 e. The van der Waals surface area contributed by atoms with E-state index in [1.165, 1.54) is 42.5 Å². The molecular formula is C34H44N4O7S. The number of likely N-dealkylation sites (tertiary alicyclic amines) is 1. The minimum absolute atomic E-state index is 0.206. The molecule has 1 fully saturated rings. The molecule has 2 aliphatic heterocycles. The summed E-state index contributed by atoms with van der Waals surface area (Å²) in [5.41, 5.74) is 4.31. The van der Waals surface area contributed by atoms with Crippen molar-refractivity contribution in [2.24, 2.45) is 0 Å². The average molecular weight is 653 g/mol. The second-order valence-corrected chi connectivity index (χ2v) is 12.1. The normalized spacial score (nSPS) is 13.0. The first-order valence-corrected chi connectivity index (χ1v) is 16.5. The summed E-state index contributed by atoms with van der Waals surface area (Å²) < 4.78 is 36.6. The van der Waals surface area contributed by atoms with E-state index in [1.54, 1.807) is 14.2 Å². The highest BCUT2D eigenvalue weighted by molar-refractivity contribution is 7.90. The Kier molecular flexibility index (Phi) is 16.0. The Morgan fingerprint density at radius 3 is 2.00 bits per heavy atom. The van der Waals surface area contributed by atoms with Crippen LogP contribution in [0.5, 0.6) is 11.5 Å². The van der Waals surface area contributed by atoms with E-state index in [-0.39, 0.29) is 10.8 Å². The van der Waals surface area contributed by atoms with E-state index in [0.29, 0.717) is 12.2 Å². The number of benzene rings is 3. The number of methoxy groups -OCH3 is 3. The first-order chi connectivity index (χ1) is 22.1. The van der Waals surface area contributed by atoms with Crippen molar-refractivity contribution >= 4 is 33.2 Å². The summed E-state index contributed by atoms with van der Waals surface area (Å²) >= 11 is 0. The Morgan fingerprint density at radius 2 is 1.46 bits per heavy atom. The molecule has 0 aromatic heterocycles. The van der Waals surface area contributed by atoms with Gasteiger partial charge in [0, 0.05) is 37.3 Å². The quantitative estimate of drug-likeness (QED) is 0.313. The molecule has 12 heteroatoms. The van der Waals surface area contributed by atoms with Crippen molar-refractivity contribution in [3.05, 3.63) is 77.9 Å². The summed E-state index contributed by atoms with van der Waals surface area (Å²) in [6.07, 6.45) is 11.9. The molecular weight excluding hydrogens is 608 g/mol. The van der Waals surface area contributed by atoms with Gasteiger partial charge in [-0.3, -0.25) is 10.1 Å². The van der Waals surface area contributed by atoms with Gasteiger partial charge in [0.25, 0.3) is 0 Å². The molecule has 2 amide bonds. The van der Waals surface area contributed by atoms with Crippen LogP contribution >= 0.6 is 0 Å². The lowest BCUT2D eigenvalue weighted by molar-refractivity contribution is -0.128. The van der Waals surface area contributed by atoms with Crippen LogP contribution < -0.4 is 25.4 Å². The first kappa shape index (κ1) is 37.5. The van der Waals surface area contributed by atoms with Crippen LogP contribution in [0.4, 0.5) is 16.2 Å². The van der Waals surface area contributed by atoms with Crippen molar-refractivity contribution in [3.8, 4) is 24.3 Å². The van der Waals surface area contributed by atoms with Crippen LogP contribution in [0.2, 0.25) is 0 Å². The van der Waals surface area contributed by atoms with Crippen LogP contribution in [-0.2, 0) is 32.3 Å². The minimum Gasteiger partial charge on any atom is -0.493 e. The van der Waals surface area contributed by atoms with Crippen LogP contribution in [0.1, 0.15) is 24.0 Å². The Hall–Kier alpha value is -4.73. The monoisotopic (exact) mass is 652 g/mol. The molecule has 3 aromatic rings. The van der Waals surface area contributed by atoms with Gasteiger partial charge in [0.15, 0.2) is 21.3 Å². The molecule has 46 heavy (non-hydrogen) atoms. The van der Waals surface area contributed by atoms with Crippen molar-refractivity contribution in [1.82, 2.24) is 10.2 Å². The van der Waals surface area contributed by atoms with E-state index in [2.05, 4.69) is 51.7 Å². The number of hydrogen-bond donors (Lipinski definition) is 3. The Labute approximate surface area is 272 Å². The fourth-order valence-corrected chi connectivity index (χ4v) is 5.22. The molecule has 0 saturated carbocycles. The SMILES string of the molecule is C#C.COC(=O)Nc1ccc(S(C)(=O)=O)cc1.COc1ccccc1OC.O=C(CNc1ccc2c(c1)CNCC2)N1CCCC1. The van der Waals surface area contributed by atoms with E-state index in [4.69, 9.17) is 9.47 Å². The van der Waals surface area contributed by atoms with E-state index in [1.807, 2.05) is 29.2 Å². The van der Waals surface area contributed by atoms with Gasteiger partial charge in [-0.2, -0.15) is 0 Å². The topological polar surface area (TPSA) is 135 Å². The summed E-state index contributed by atoms with van der Waals surface area (Å²) in [6, 6.07) is 19.8. The van der Waals surface area contributed by atoms with Crippen molar-refractivity contribution in [2.75, 3.05) is 64.4 Å². The third-order valence-electron chi connectivity index (χ3n) is 7.00. The van der Waals surface area contributed by atoms with Crippen LogP contribution in [-0.4, -0.2) is 79.1 Å². The summed E-state index contributed by atoms with van der Waals surface area (Å²) in [7, 11) is 1.30. The highest BCUT2D eigenvalue weighted by Crippen LogP contribution is 2.24. The number of carbonyl (C=O) groups is 2. The maximum atomic E-state index is 12.0. The molecule has 0 unspecified atom stereocenters. The predicted molar refractivity (Wildman–Crippen MR) is 181 cm³/mol. The largest absolute Gasteiger partial charge is 0.493 e. The van der Waals surface area contributed by atoms with Gasteiger partial charge in [0.05, 0.1) is 32.8 Å². The number of terminal acetylenes is 1. The molecule has 11 nitrogen and oxygen atoms in total. The Bertz CT molecular complexity index is 1500. The van der Waals surface area contributed by atoms with Crippen LogP contribution in [0.15, 0.2) is 71.6 Å². The van der Waals surface area contributed by atoms with Crippen molar-refractivity contribution in [1.29, 1.82) is 0 Å². The highest BCUT2D eigenvalue weighted by atomic mass is 32.2. The molecule has 0 bridgehead atoms. The van der Waals surface area contributed by atoms with E-state index in [9.17, 15) is 18.0 Å². The minimum atomic E-state index is -3.20. The number of rotatable bonds is 7. The number of fused-ring (bicyclic) bond motifs is 1. The molecule has 2 aliphatic rings. The highest BCUT2D eigenvalue weighted by Gasteiger charge is 2.17. The average Bonchev–Trinajstić information content (AvgIpc) is 3.64. The first-order valence-electron chi connectivity index (χ1n) is 14.6. The number of carbonyl (C=O) groups excluding carboxylic acids is 2. The Morgan fingerprint density at radius 1 is 0.870 bits per heavy atom. The zero-order valence-corrected chi connectivity index (χ0v) is 27.7. The number of nitrogens with one attached hydrogen (secondary N) is 3. The summed E-state index contributed by atoms with van der Waals surface area (Å²) in [4.78, 5) is 24.9. The maximum Gasteiger partial charge on any atom is 0.411 e. The van der Waals surface area contributed by atoms with Gasteiger partial charge >= 0.3 is 6.09 Å². The number of amides is 2. The Balaban J connectivity index is 0.000000245. The van der Waals surface area contributed by atoms with Gasteiger partial charge < -0.3 is 29.7 Å². The van der Waals surface area contributed by atoms with Crippen molar-refractivity contribution < 1.29 is 32.2 Å². The number of sulfone groups is 1. The molecule has 3 aromatic carbocycles. The molecule has 0 spiro atoms. The van der Waals surface area contributed by atoms with Gasteiger partial charge in [-0.1, -0.05) is 18.2 Å². The molecule has 248 valence electrons. The molecule has 0 aliphatic carbocycles. The van der Waals surface area contributed by atoms with Gasteiger partial charge in [-0.15, -0.1) is 12.8 Å². The summed E-state index contributed by atoms with van der Waals surface area (Å²) in [5, 5.41) is 9.04. The van der Waals surface area contributed by atoms with Crippen molar-refractivity contribution in [2.45, 2.75) is 30.7 Å². The van der Waals surface area contributed by atoms with E-state index < -0.39 is 15.9 Å². The second-order valence-electron chi connectivity index (χ2n) is 10.1. The number of ether oxygens (including phenoxy) is 3.